The molecule has 2 heterocycles. The third-order valence-electron chi connectivity index (χ3n) is 6.35. The lowest BCUT2D eigenvalue weighted by Crippen LogP contribution is -2.23. The van der Waals surface area contributed by atoms with Gasteiger partial charge >= 0.3 is 0 Å². The number of rotatable bonds is 13. The van der Waals surface area contributed by atoms with Crippen LogP contribution in [-0.2, 0) is 23.1 Å². The highest BCUT2D eigenvalue weighted by molar-refractivity contribution is 7.92. The van der Waals surface area contributed by atoms with Crippen molar-refractivity contribution in [3.63, 3.8) is 0 Å². The quantitative estimate of drug-likeness (QED) is 0.163. The minimum Gasteiger partial charge on any atom is -0.484 e. The van der Waals surface area contributed by atoms with Crippen molar-refractivity contribution in [3.05, 3.63) is 120 Å². The topological polar surface area (TPSA) is 139 Å². The number of aliphatic hydroxyl groups is 1. The number of anilines is 1. The first-order valence-electron chi connectivity index (χ1n) is 13.2. The number of hydrogen-bond donors (Lipinski definition) is 3. The van der Waals surface area contributed by atoms with E-state index in [1.165, 1.54) is 18.2 Å². The van der Waals surface area contributed by atoms with Crippen LogP contribution in [0.4, 0.5) is 14.5 Å². The molecule has 13 heteroatoms. The van der Waals surface area contributed by atoms with Crippen LogP contribution in [0.1, 0.15) is 23.1 Å². The van der Waals surface area contributed by atoms with E-state index in [0.29, 0.717) is 30.8 Å². The van der Waals surface area contributed by atoms with E-state index in [-0.39, 0.29) is 29.0 Å². The predicted molar refractivity (Wildman–Crippen MR) is 153 cm³/mol. The number of aromatic nitrogens is 3. The summed E-state index contributed by atoms with van der Waals surface area (Å²) < 4.78 is 65.3. The smallest absolute Gasteiger partial charge is 0.264 e. The second-order valence-electron chi connectivity index (χ2n) is 9.46. The van der Waals surface area contributed by atoms with E-state index < -0.39 is 27.8 Å². The number of benzene rings is 3. The van der Waals surface area contributed by atoms with Gasteiger partial charge in [0.25, 0.3) is 15.9 Å². The van der Waals surface area contributed by atoms with Gasteiger partial charge in [0.1, 0.15) is 5.75 Å². The molecule has 0 aliphatic rings. The molecule has 1 unspecified atom stereocenters. The van der Waals surface area contributed by atoms with Gasteiger partial charge in [0.05, 0.1) is 11.0 Å². The summed E-state index contributed by atoms with van der Waals surface area (Å²) in [5, 5.41) is 17.3. The molecule has 0 aliphatic carbocycles. The van der Waals surface area contributed by atoms with Crippen LogP contribution in [-0.4, -0.2) is 41.7 Å². The van der Waals surface area contributed by atoms with Crippen molar-refractivity contribution in [1.29, 1.82) is 0 Å². The van der Waals surface area contributed by atoms with Crippen molar-refractivity contribution >= 4 is 15.7 Å². The number of nitrogens with zero attached hydrogens (tertiary/aromatic N) is 3. The fourth-order valence-electron chi connectivity index (χ4n) is 4.04. The Morgan fingerprint density at radius 3 is 2.49 bits per heavy atom. The summed E-state index contributed by atoms with van der Waals surface area (Å²) in [5.41, 5.74) is 2.67. The SMILES string of the molecule is O=S(=O)(Nc1ccc(CCNCC(O)c2cccnc2)cc1)c1ccc(-c2noc(COc3ccc(F)c(F)c3)n2)cc1. The van der Waals surface area contributed by atoms with E-state index in [1.807, 2.05) is 18.2 Å². The highest BCUT2D eigenvalue weighted by Gasteiger charge is 2.16. The van der Waals surface area contributed by atoms with Crippen molar-refractivity contribution in [2.24, 2.45) is 0 Å². The van der Waals surface area contributed by atoms with Crippen molar-refractivity contribution in [2.45, 2.75) is 24.0 Å². The number of ether oxygens (including phenoxy) is 1. The van der Waals surface area contributed by atoms with Crippen LogP contribution in [0.2, 0.25) is 0 Å². The molecule has 0 saturated heterocycles. The van der Waals surface area contributed by atoms with E-state index in [4.69, 9.17) is 9.26 Å². The van der Waals surface area contributed by atoms with Gasteiger partial charge in [-0.1, -0.05) is 23.4 Å². The summed E-state index contributed by atoms with van der Waals surface area (Å²) in [6.07, 6.45) is 3.33. The molecule has 5 rings (SSSR count). The van der Waals surface area contributed by atoms with Gasteiger partial charge in [-0.25, -0.2) is 17.2 Å². The van der Waals surface area contributed by atoms with Crippen molar-refractivity contribution in [3.8, 4) is 17.1 Å². The lowest BCUT2D eigenvalue weighted by molar-refractivity contribution is 0.174. The molecule has 0 saturated carbocycles. The predicted octanol–water partition coefficient (Wildman–Crippen LogP) is 4.66. The summed E-state index contributed by atoms with van der Waals surface area (Å²) in [7, 11) is -3.86. The zero-order valence-corrected chi connectivity index (χ0v) is 23.5. The second-order valence-corrected chi connectivity index (χ2v) is 11.1. The lowest BCUT2D eigenvalue weighted by atomic mass is 10.1. The summed E-state index contributed by atoms with van der Waals surface area (Å²) in [4.78, 5) is 8.25. The first-order valence-corrected chi connectivity index (χ1v) is 14.7. The Morgan fingerprint density at radius 2 is 1.77 bits per heavy atom. The molecule has 0 bridgehead atoms. The Hall–Kier alpha value is -4.72. The van der Waals surface area contributed by atoms with E-state index in [2.05, 4.69) is 25.2 Å². The minimum absolute atomic E-state index is 0.0436. The summed E-state index contributed by atoms with van der Waals surface area (Å²) in [5.74, 6) is -1.62. The fourth-order valence-corrected chi connectivity index (χ4v) is 5.10. The molecular weight excluding hydrogens is 580 g/mol. The Labute approximate surface area is 246 Å². The first kappa shape index (κ1) is 29.8. The van der Waals surface area contributed by atoms with Crippen LogP contribution in [0.25, 0.3) is 11.4 Å². The van der Waals surface area contributed by atoms with Gasteiger partial charge in [-0.2, -0.15) is 4.98 Å². The molecule has 10 nitrogen and oxygen atoms in total. The zero-order valence-electron chi connectivity index (χ0n) is 22.7. The first-order chi connectivity index (χ1) is 20.8. The van der Waals surface area contributed by atoms with Crippen LogP contribution >= 0.6 is 0 Å². The van der Waals surface area contributed by atoms with Gasteiger partial charge < -0.3 is 19.7 Å². The monoisotopic (exact) mass is 607 g/mol. The molecule has 0 amide bonds. The molecule has 0 fully saturated rings. The average molecular weight is 608 g/mol. The minimum atomic E-state index is -3.86. The normalized spacial score (nSPS) is 12.2. The Bertz CT molecular complexity index is 1750. The van der Waals surface area contributed by atoms with E-state index in [1.54, 1.807) is 42.7 Å². The highest BCUT2D eigenvalue weighted by Crippen LogP contribution is 2.22. The molecule has 2 aromatic heterocycles. The summed E-state index contributed by atoms with van der Waals surface area (Å²) >= 11 is 0. The van der Waals surface area contributed by atoms with Crippen molar-refractivity contribution in [2.75, 3.05) is 17.8 Å². The number of nitrogens with one attached hydrogen (secondary N) is 2. The Kier molecular flexibility index (Phi) is 9.35. The molecule has 222 valence electrons. The molecule has 0 spiro atoms. The zero-order chi connectivity index (χ0) is 30.2. The maximum Gasteiger partial charge on any atom is 0.264 e. The maximum absolute atomic E-state index is 13.3. The maximum atomic E-state index is 13.3. The number of halogens is 2. The molecule has 1 atom stereocenters. The van der Waals surface area contributed by atoms with E-state index in [0.717, 1.165) is 23.3 Å². The molecule has 5 aromatic rings. The van der Waals surface area contributed by atoms with Crippen LogP contribution in [0.3, 0.4) is 0 Å². The summed E-state index contributed by atoms with van der Waals surface area (Å²) in [6.45, 7) is 0.863. The van der Waals surface area contributed by atoms with Crippen LogP contribution < -0.4 is 14.8 Å². The molecular formula is C30H27F2N5O5S. The lowest BCUT2D eigenvalue weighted by Gasteiger charge is -2.12. The molecule has 3 N–H and O–H groups in total. The number of hydrogen-bond acceptors (Lipinski definition) is 9. The third-order valence-corrected chi connectivity index (χ3v) is 7.74. The van der Waals surface area contributed by atoms with Crippen molar-refractivity contribution < 1.29 is 31.6 Å². The van der Waals surface area contributed by atoms with Crippen LogP contribution in [0.15, 0.2) is 101 Å². The molecule has 3 aromatic carbocycles. The Balaban J connectivity index is 1.11. The van der Waals surface area contributed by atoms with Gasteiger partial charge in [-0.15, -0.1) is 0 Å². The second kappa shape index (κ2) is 13.5. The molecule has 43 heavy (non-hydrogen) atoms. The van der Waals surface area contributed by atoms with Crippen molar-refractivity contribution in [1.82, 2.24) is 20.4 Å². The molecule has 0 aliphatic heterocycles. The average Bonchev–Trinajstić information content (AvgIpc) is 3.50. The fraction of sp³-hybridized carbons (Fsp3) is 0.167. The van der Waals surface area contributed by atoms with Gasteiger partial charge in [0, 0.05) is 41.8 Å². The van der Waals surface area contributed by atoms with Crippen LogP contribution in [0.5, 0.6) is 5.75 Å². The highest BCUT2D eigenvalue weighted by atomic mass is 32.2. The number of sulfonamides is 1. The van der Waals surface area contributed by atoms with E-state index in [9.17, 15) is 22.3 Å². The van der Waals surface area contributed by atoms with Crippen LogP contribution in [0, 0.1) is 11.6 Å². The standard InChI is InChI=1S/C30H27F2N5O5S/c31-26-12-9-24(16-27(26)32)41-19-29-35-30(36-42-29)21-5-10-25(11-6-21)43(39,40)37-23-7-3-20(4-8-23)13-15-34-18-28(38)22-2-1-14-33-17-22/h1-12,14,16-17,28,34,37-38H,13,15,18-19H2. The van der Waals surface area contributed by atoms with Gasteiger partial charge in [-0.05, 0) is 73.1 Å². The van der Waals surface area contributed by atoms with E-state index >= 15 is 0 Å². The van der Waals surface area contributed by atoms with Gasteiger partial charge in [-0.3, -0.25) is 9.71 Å². The largest absolute Gasteiger partial charge is 0.484 e. The third kappa shape index (κ3) is 7.97. The van der Waals surface area contributed by atoms with Gasteiger partial charge in [0.15, 0.2) is 18.2 Å². The van der Waals surface area contributed by atoms with Gasteiger partial charge in [0.2, 0.25) is 5.82 Å². The molecule has 0 radical (unpaired) electrons. The number of pyridine rings is 1. The summed E-state index contributed by atoms with van der Waals surface area (Å²) in [6, 6.07) is 19.7. The number of aliphatic hydroxyl groups excluding tert-OH is 1. The Morgan fingerprint density at radius 1 is 0.977 bits per heavy atom.